The van der Waals surface area contributed by atoms with E-state index in [9.17, 15) is 14.7 Å². The van der Waals surface area contributed by atoms with E-state index in [0.29, 0.717) is 30.9 Å². The third-order valence-electron chi connectivity index (χ3n) is 6.05. The second kappa shape index (κ2) is 9.47. The Bertz CT molecular complexity index is 620. The van der Waals surface area contributed by atoms with E-state index in [-0.39, 0.29) is 16.9 Å². The number of hydrogen-bond acceptors (Lipinski definition) is 6. The van der Waals surface area contributed by atoms with Crippen LogP contribution in [0.1, 0.15) is 73.1 Å². The Labute approximate surface area is 174 Å². The van der Waals surface area contributed by atoms with Gasteiger partial charge in [0.2, 0.25) is 0 Å². The van der Waals surface area contributed by atoms with Gasteiger partial charge >= 0.3 is 12.1 Å². The van der Waals surface area contributed by atoms with Crippen molar-refractivity contribution in [1.29, 1.82) is 0 Å². The molecule has 7 heteroatoms. The summed E-state index contributed by atoms with van der Waals surface area (Å²) in [5.74, 6) is -0.00292. The second-order valence-corrected chi connectivity index (χ2v) is 10.3. The largest absolute Gasteiger partial charge is 0.443 e. The number of ether oxygens (including phenoxy) is 1. The van der Waals surface area contributed by atoms with Gasteiger partial charge in [-0.15, -0.1) is 5.48 Å². The molecule has 0 aromatic heterocycles. The minimum absolute atomic E-state index is 0.00785. The summed E-state index contributed by atoms with van der Waals surface area (Å²) in [6, 6.07) is -0.00785. The van der Waals surface area contributed by atoms with Crippen LogP contribution in [0.5, 0.6) is 0 Å². The lowest BCUT2D eigenvalue weighted by atomic mass is 9.63. The third-order valence-corrected chi connectivity index (χ3v) is 6.05. The predicted octanol–water partition coefficient (Wildman–Crippen LogP) is 3.47. The monoisotopic (exact) mass is 410 g/mol. The van der Waals surface area contributed by atoms with Crippen LogP contribution in [0.2, 0.25) is 0 Å². The number of carbonyl (C=O) groups is 2. The zero-order valence-corrected chi connectivity index (χ0v) is 18.5. The molecule has 2 rings (SSSR count). The van der Waals surface area contributed by atoms with Crippen LogP contribution < -0.4 is 10.8 Å². The van der Waals surface area contributed by atoms with Gasteiger partial charge in [-0.05, 0) is 62.2 Å². The first kappa shape index (κ1) is 23.7. The molecule has 2 aliphatic carbocycles. The summed E-state index contributed by atoms with van der Waals surface area (Å²) in [4.78, 5) is 29.1. The number of hydroxylamine groups is 1. The molecule has 0 aromatic rings. The highest BCUT2D eigenvalue weighted by atomic mass is 16.7. The molecule has 0 aromatic carbocycles. The summed E-state index contributed by atoms with van der Waals surface area (Å²) in [5, 5.41) is 13.0. The maximum Gasteiger partial charge on any atom is 0.407 e. The molecule has 29 heavy (non-hydrogen) atoms. The number of nitrogens with one attached hydrogen (secondary N) is 2. The molecule has 3 N–H and O–H groups in total. The molecule has 2 aliphatic rings. The Kier molecular flexibility index (Phi) is 7.74. The van der Waals surface area contributed by atoms with Crippen LogP contribution in [-0.2, 0) is 14.4 Å². The SMILES string of the molecule is C=C(C)C(=O)ONC1CC(C)(C)CC(C)(CNC(=O)OC2CCC(C)CC2O)C1. The first-order valence-corrected chi connectivity index (χ1v) is 10.6. The van der Waals surface area contributed by atoms with Crippen LogP contribution in [0.4, 0.5) is 4.79 Å². The molecule has 0 radical (unpaired) electrons. The molecule has 2 saturated carbocycles. The molecule has 7 nitrogen and oxygen atoms in total. The van der Waals surface area contributed by atoms with E-state index in [2.05, 4.69) is 45.1 Å². The van der Waals surface area contributed by atoms with E-state index < -0.39 is 24.3 Å². The molecule has 0 bridgehead atoms. The molecule has 2 fully saturated rings. The van der Waals surface area contributed by atoms with E-state index in [0.717, 1.165) is 25.7 Å². The average molecular weight is 411 g/mol. The molecule has 5 unspecified atom stereocenters. The van der Waals surface area contributed by atoms with Crippen LogP contribution in [0, 0.1) is 16.7 Å². The topological polar surface area (TPSA) is 96.9 Å². The minimum Gasteiger partial charge on any atom is -0.443 e. The van der Waals surface area contributed by atoms with Gasteiger partial charge in [0.25, 0.3) is 0 Å². The van der Waals surface area contributed by atoms with Crippen molar-refractivity contribution in [3.05, 3.63) is 12.2 Å². The van der Waals surface area contributed by atoms with Crippen molar-refractivity contribution in [2.45, 2.75) is 91.4 Å². The zero-order valence-electron chi connectivity index (χ0n) is 18.5. The number of aliphatic hydroxyl groups is 1. The standard InChI is InChI=1S/C22H38N2O5/c1-14(2)19(26)29-24-16-10-21(4,5)12-22(6,11-16)13-23-20(27)28-18-8-7-15(3)9-17(18)25/h15-18,24-25H,1,7-13H2,2-6H3,(H,23,27). The summed E-state index contributed by atoms with van der Waals surface area (Å²) in [5.41, 5.74) is 3.09. The van der Waals surface area contributed by atoms with Gasteiger partial charge in [-0.2, -0.15) is 0 Å². The van der Waals surface area contributed by atoms with Crippen LogP contribution in [0.3, 0.4) is 0 Å². The van der Waals surface area contributed by atoms with Crippen molar-refractivity contribution in [1.82, 2.24) is 10.8 Å². The van der Waals surface area contributed by atoms with Gasteiger partial charge in [-0.1, -0.05) is 34.3 Å². The van der Waals surface area contributed by atoms with Gasteiger partial charge < -0.3 is 20.0 Å². The summed E-state index contributed by atoms with van der Waals surface area (Å²) >= 11 is 0. The lowest BCUT2D eigenvalue weighted by molar-refractivity contribution is -0.150. The summed E-state index contributed by atoms with van der Waals surface area (Å²) in [7, 11) is 0. The maximum atomic E-state index is 12.3. The van der Waals surface area contributed by atoms with Crippen LogP contribution in [0.15, 0.2) is 12.2 Å². The fourth-order valence-electron chi connectivity index (χ4n) is 5.00. The fourth-order valence-corrected chi connectivity index (χ4v) is 5.00. The first-order chi connectivity index (χ1) is 13.4. The Balaban J connectivity index is 1.87. The van der Waals surface area contributed by atoms with E-state index in [4.69, 9.17) is 9.57 Å². The highest BCUT2D eigenvalue weighted by molar-refractivity contribution is 5.86. The van der Waals surface area contributed by atoms with Gasteiger partial charge in [-0.25, -0.2) is 9.59 Å². The predicted molar refractivity (Wildman–Crippen MR) is 111 cm³/mol. The van der Waals surface area contributed by atoms with Gasteiger partial charge in [0, 0.05) is 18.2 Å². The molecular weight excluding hydrogens is 372 g/mol. The molecule has 1 amide bonds. The summed E-state index contributed by atoms with van der Waals surface area (Å²) in [6.45, 7) is 14.2. The highest BCUT2D eigenvalue weighted by Crippen LogP contribution is 2.45. The van der Waals surface area contributed by atoms with Gasteiger partial charge in [0.05, 0.1) is 6.10 Å². The van der Waals surface area contributed by atoms with E-state index >= 15 is 0 Å². The number of hydrogen-bond donors (Lipinski definition) is 3. The van der Waals surface area contributed by atoms with Gasteiger partial charge in [0.15, 0.2) is 0 Å². The minimum atomic E-state index is -0.592. The number of alkyl carbamates (subject to hydrolysis) is 1. The van der Waals surface area contributed by atoms with Crippen LogP contribution in [0.25, 0.3) is 0 Å². The lowest BCUT2D eigenvalue weighted by Gasteiger charge is -2.46. The van der Waals surface area contributed by atoms with Crippen molar-refractivity contribution >= 4 is 12.1 Å². The fraction of sp³-hybridized carbons (Fsp3) is 0.818. The molecule has 0 saturated heterocycles. The van der Waals surface area contributed by atoms with E-state index in [1.165, 1.54) is 0 Å². The molecule has 0 aliphatic heterocycles. The number of carbonyl (C=O) groups excluding carboxylic acids is 2. The van der Waals surface area contributed by atoms with Crippen molar-refractivity contribution in [3.8, 4) is 0 Å². The maximum absolute atomic E-state index is 12.3. The third kappa shape index (κ3) is 7.30. The summed E-state index contributed by atoms with van der Waals surface area (Å²) < 4.78 is 5.48. The van der Waals surface area contributed by atoms with Gasteiger partial charge in [-0.3, -0.25) is 0 Å². The van der Waals surface area contributed by atoms with Crippen molar-refractivity contribution in [2.24, 2.45) is 16.7 Å². The first-order valence-electron chi connectivity index (χ1n) is 10.6. The van der Waals surface area contributed by atoms with Crippen molar-refractivity contribution in [3.63, 3.8) is 0 Å². The number of amides is 1. The summed E-state index contributed by atoms with van der Waals surface area (Å²) in [6.07, 6.45) is 3.36. The van der Waals surface area contributed by atoms with Gasteiger partial charge in [0.1, 0.15) is 6.10 Å². The highest BCUT2D eigenvalue weighted by Gasteiger charge is 2.42. The smallest absolute Gasteiger partial charge is 0.407 e. The molecule has 166 valence electrons. The second-order valence-electron chi connectivity index (χ2n) is 10.3. The zero-order chi connectivity index (χ0) is 21.8. The Morgan fingerprint density at radius 2 is 1.90 bits per heavy atom. The molecular formula is C22H38N2O5. The number of rotatable bonds is 6. The van der Waals surface area contributed by atoms with Crippen LogP contribution >= 0.6 is 0 Å². The Morgan fingerprint density at radius 1 is 1.21 bits per heavy atom. The van der Waals surface area contributed by atoms with Crippen LogP contribution in [-0.4, -0.2) is 42.0 Å². The van der Waals surface area contributed by atoms with E-state index in [1.807, 2.05) is 0 Å². The Morgan fingerprint density at radius 3 is 2.52 bits per heavy atom. The molecule has 0 spiro atoms. The average Bonchev–Trinajstić information content (AvgIpc) is 2.59. The quantitative estimate of drug-likeness (QED) is 0.458. The molecule has 0 heterocycles. The van der Waals surface area contributed by atoms with Crippen molar-refractivity contribution < 1.29 is 24.3 Å². The number of aliphatic hydroxyl groups excluding tert-OH is 1. The van der Waals surface area contributed by atoms with E-state index in [1.54, 1.807) is 6.92 Å². The van der Waals surface area contributed by atoms with Crippen molar-refractivity contribution in [2.75, 3.05) is 6.54 Å². The normalized spacial score (nSPS) is 34.1. The Hall–Kier alpha value is -1.60. The molecule has 5 atom stereocenters. The lowest BCUT2D eigenvalue weighted by Crippen LogP contribution is -2.50.